The van der Waals surface area contributed by atoms with Crippen LogP contribution in [0.4, 0.5) is 22.7 Å². The zero-order valence-corrected chi connectivity index (χ0v) is 17.0. The molecule has 2 N–H and O–H groups in total. The topological polar surface area (TPSA) is 110 Å². The standard InChI is InChI=1S/C24H20N4O4/c29-27(30)23-19-12-14-22(26-16-18-9-5-2-6-10-18)24(28(31)32)20(19)11-13-21(23)25-15-17-7-3-1-4-8-17/h1-14,25-26H,15-16H2. The molecule has 8 heteroatoms. The number of fused-ring (bicyclic) bond motifs is 1. The summed E-state index contributed by atoms with van der Waals surface area (Å²) in [6, 6.07) is 25.2. The number of rotatable bonds is 8. The average molecular weight is 428 g/mol. The van der Waals surface area contributed by atoms with Crippen molar-refractivity contribution in [2.45, 2.75) is 13.1 Å². The number of hydrogen-bond acceptors (Lipinski definition) is 6. The Hall–Kier alpha value is -4.46. The molecule has 0 bridgehead atoms. The van der Waals surface area contributed by atoms with Gasteiger partial charge in [0.05, 0.1) is 20.6 Å². The fourth-order valence-corrected chi connectivity index (χ4v) is 3.64. The van der Waals surface area contributed by atoms with Crippen LogP contribution in [0.5, 0.6) is 0 Å². The molecule has 0 spiro atoms. The third-order valence-electron chi connectivity index (χ3n) is 5.16. The maximum absolute atomic E-state index is 11.9. The molecule has 8 nitrogen and oxygen atoms in total. The van der Waals surface area contributed by atoms with E-state index in [0.29, 0.717) is 24.5 Å². The lowest BCUT2D eigenvalue weighted by molar-refractivity contribution is -0.383. The third-order valence-corrected chi connectivity index (χ3v) is 5.16. The minimum Gasteiger partial charge on any atom is -0.375 e. The molecule has 4 aromatic rings. The Labute approximate surface area is 183 Å². The highest BCUT2D eigenvalue weighted by Gasteiger charge is 2.26. The molecule has 4 rings (SSSR count). The molecule has 0 aliphatic heterocycles. The highest BCUT2D eigenvalue weighted by Crippen LogP contribution is 2.41. The van der Waals surface area contributed by atoms with Crippen LogP contribution < -0.4 is 10.6 Å². The summed E-state index contributed by atoms with van der Waals surface area (Å²) in [4.78, 5) is 22.8. The molecule has 0 aromatic heterocycles. The summed E-state index contributed by atoms with van der Waals surface area (Å²) in [7, 11) is 0. The Morgan fingerprint density at radius 1 is 0.562 bits per heavy atom. The van der Waals surface area contributed by atoms with Gasteiger partial charge in [0, 0.05) is 13.1 Å². The number of benzene rings is 4. The van der Waals surface area contributed by atoms with E-state index in [1.807, 2.05) is 60.7 Å². The van der Waals surface area contributed by atoms with Gasteiger partial charge in [-0.05, 0) is 35.4 Å². The van der Waals surface area contributed by atoms with Gasteiger partial charge in [-0.15, -0.1) is 0 Å². The first-order chi connectivity index (χ1) is 15.5. The van der Waals surface area contributed by atoms with Crippen molar-refractivity contribution in [1.82, 2.24) is 0 Å². The molecule has 4 aromatic carbocycles. The van der Waals surface area contributed by atoms with Crippen molar-refractivity contribution in [2.24, 2.45) is 0 Å². The van der Waals surface area contributed by atoms with Crippen molar-refractivity contribution >= 4 is 33.5 Å². The number of nitro benzene ring substituents is 2. The fraction of sp³-hybridized carbons (Fsp3) is 0.0833. The first-order valence-corrected chi connectivity index (χ1v) is 9.98. The van der Waals surface area contributed by atoms with E-state index >= 15 is 0 Å². The van der Waals surface area contributed by atoms with Crippen molar-refractivity contribution in [2.75, 3.05) is 10.6 Å². The van der Waals surface area contributed by atoms with Gasteiger partial charge in [-0.25, -0.2) is 0 Å². The van der Waals surface area contributed by atoms with Crippen LogP contribution in [0.3, 0.4) is 0 Å². The number of nitrogens with zero attached hydrogens (tertiary/aromatic N) is 2. The van der Waals surface area contributed by atoms with Gasteiger partial charge < -0.3 is 10.6 Å². The molecular formula is C24H20N4O4. The zero-order chi connectivity index (χ0) is 22.5. The lowest BCUT2D eigenvalue weighted by atomic mass is 10.0. The van der Waals surface area contributed by atoms with Crippen LogP contribution in [0, 0.1) is 20.2 Å². The molecule has 0 atom stereocenters. The Morgan fingerprint density at radius 3 is 1.28 bits per heavy atom. The zero-order valence-electron chi connectivity index (χ0n) is 17.0. The van der Waals surface area contributed by atoms with Crippen LogP contribution in [-0.4, -0.2) is 9.85 Å². The van der Waals surface area contributed by atoms with Gasteiger partial charge >= 0.3 is 0 Å². The molecule has 0 unspecified atom stereocenters. The molecule has 160 valence electrons. The maximum Gasteiger partial charge on any atom is 0.300 e. The summed E-state index contributed by atoms with van der Waals surface area (Å²) >= 11 is 0. The normalized spacial score (nSPS) is 10.6. The molecule has 32 heavy (non-hydrogen) atoms. The summed E-state index contributed by atoms with van der Waals surface area (Å²) in [5.74, 6) is 0. The third kappa shape index (κ3) is 4.34. The summed E-state index contributed by atoms with van der Waals surface area (Å²) < 4.78 is 0. The van der Waals surface area contributed by atoms with Crippen LogP contribution >= 0.6 is 0 Å². The summed E-state index contributed by atoms with van der Waals surface area (Å²) in [6.45, 7) is 0.790. The lowest BCUT2D eigenvalue weighted by Crippen LogP contribution is -2.05. The molecule has 0 saturated heterocycles. The van der Waals surface area contributed by atoms with Crippen molar-refractivity contribution in [1.29, 1.82) is 0 Å². The summed E-state index contributed by atoms with van der Waals surface area (Å²) in [5.41, 5.74) is 2.19. The van der Waals surface area contributed by atoms with Crippen LogP contribution in [-0.2, 0) is 13.1 Å². The summed E-state index contributed by atoms with van der Waals surface area (Å²) in [6.07, 6.45) is 0. The molecule has 0 fully saturated rings. The Kier molecular flexibility index (Phi) is 5.94. The van der Waals surface area contributed by atoms with Crippen molar-refractivity contribution < 1.29 is 9.85 Å². The van der Waals surface area contributed by atoms with Crippen LogP contribution in [0.1, 0.15) is 11.1 Å². The smallest absolute Gasteiger partial charge is 0.300 e. The van der Waals surface area contributed by atoms with Crippen LogP contribution in [0.25, 0.3) is 10.8 Å². The van der Waals surface area contributed by atoms with Crippen LogP contribution in [0.15, 0.2) is 84.9 Å². The molecule has 0 radical (unpaired) electrons. The summed E-state index contributed by atoms with van der Waals surface area (Å²) in [5, 5.41) is 30.4. The SMILES string of the molecule is O=[N+]([O-])c1c(NCc2ccccc2)ccc2c([N+](=O)[O-])c(NCc3ccccc3)ccc12. The van der Waals surface area contributed by atoms with Gasteiger partial charge in [0.2, 0.25) is 0 Å². The molecule has 0 aliphatic carbocycles. The van der Waals surface area contributed by atoms with Crippen molar-refractivity contribution in [3.8, 4) is 0 Å². The lowest BCUT2D eigenvalue weighted by Gasteiger charge is -2.12. The van der Waals surface area contributed by atoms with E-state index in [0.717, 1.165) is 11.1 Å². The van der Waals surface area contributed by atoms with Gasteiger partial charge in [0.1, 0.15) is 11.4 Å². The van der Waals surface area contributed by atoms with E-state index in [9.17, 15) is 20.2 Å². The minimum atomic E-state index is -0.504. The number of hydrogen-bond donors (Lipinski definition) is 2. The predicted molar refractivity (Wildman–Crippen MR) is 125 cm³/mol. The van der Waals surface area contributed by atoms with E-state index in [2.05, 4.69) is 10.6 Å². The van der Waals surface area contributed by atoms with Crippen LogP contribution in [0.2, 0.25) is 0 Å². The largest absolute Gasteiger partial charge is 0.375 e. The minimum absolute atomic E-state index is 0.184. The van der Waals surface area contributed by atoms with E-state index in [-0.39, 0.29) is 22.1 Å². The van der Waals surface area contributed by atoms with Gasteiger partial charge in [0.15, 0.2) is 0 Å². The Bertz CT molecular complexity index is 1180. The maximum atomic E-state index is 11.9. The highest BCUT2D eigenvalue weighted by molar-refractivity contribution is 6.04. The quantitative estimate of drug-likeness (QED) is 0.268. The average Bonchev–Trinajstić information content (AvgIpc) is 2.81. The Balaban J connectivity index is 1.72. The fourth-order valence-electron chi connectivity index (χ4n) is 3.64. The van der Waals surface area contributed by atoms with Crippen molar-refractivity contribution in [3.63, 3.8) is 0 Å². The second kappa shape index (κ2) is 9.13. The van der Waals surface area contributed by atoms with Crippen molar-refractivity contribution in [3.05, 3.63) is 116 Å². The molecule has 0 amide bonds. The first-order valence-electron chi connectivity index (χ1n) is 9.98. The highest BCUT2D eigenvalue weighted by atomic mass is 16.6. The molecule has 0 saturated carbocycles. The molecule has 0 aliphatic rings. The van der Waals surface area contributed by atoms with E-state index < -0.39 is 9.85 Å². The van der Waals surface area contributed by atoms with Gasteiger partial charge in [-0.1, -0.05) is 60.7 Å². The van der Waals surface area contributed by atoms with Gasteiger partial charge in [-0.2, -0.15) is 0 Å². The number of nitro groups is 2. The number of anilines is 2. The Morgan fingerprint density at radius 2 is 0.938 bits per heavy atom. The van der Waals surface area contributed by atoms with E-state index in [4.69, 9.17) is 0 Å². The first kappa shape index (κ1) is 20.8. The molecular weight excluding hydrogens is 408 g/mol. The monoisotopic (exact) mass is 428 g/mol. The molecule has 0 heterocycles. The number of nitrogens with one attached hydrogen (secondary N) is 2. The second-order valence-electron chi connectivity index (χ2n) is 7.21. The van der Waals surface area contributed by atoms with Gasteiger partial charge in [0.25, 0.3) is 11.4 Å². The van der Waals surface area contributed by atoms with E-state index in [1.165, 1.54) is 12.1 Å². The second-order valence-corrected chi connectivity index (χ2v) is 7.21. The van der Waals surface area contributed by atoms with Gasteiger partial charge in [-0.3, -0.25) is 20.2 Å². The predicted octanol–water partition coefficient (Wildman–Crippen LogP) is 5.88. The van der Waals surface area contributed by atoms with E-state index in [1.54, 1.807) is 12.1 Å².